The van der Waals surface area contributed by atoms with Gasteiger partial charge in [0.25, 0.3) is 5.56 Å². The standard InChI is InChI=1S/C15H12N4O3/c20-10-6-5-9(13(21)7-10)8-16-19-15-17-12-4-2-1-3-11(12)14(22)18-15/h1-8,20-21H,(H2,17,18,19,22)/b16-8+. The van der Waals surface area contributed by atoms with Crippen molar-refractivity contribution >= 4 is 23.1 Å². The SMILES string of the molecule is O=c1[nH]c(N/N=C/c2ccc(O)cc2O)nc2ccccc12. The number of aromatic hydroxyl groups is 2. The first kappa shape index (κ1) is 13.6. The normalized spacial score (nSPS) is 11.1. The third-order valence-electron chi connectivity index (χ3n) is 3.00. The average molecular weight is 296 g/mol. The summed E-state index contributed by atoms with van der Waals surface area (Å²) < 4.78 is 0. The second kappa shape index (κ2) is 5.57. The van der Waals surface area contributed by atoms with Crippen LogP contribution in [-0.2, 0) is 0 Å². The number of hydrogen-bond donors (Lipinski definition) is 4. The van der Waals surface area contributed by atoms with Crippen molar-refractivity contribution in [1.82, 2.24) is 9.97 Å². The van der Waals surface area contributed by atoms with Gasteiger partial charge in [0, 0.05) is 11.6 Å². The molecule has 0 unspecified atom stereocenters. The molecule has 0 bridgehead atoms. The Morgan fingerprint density at radius 3 is 2.82 bits per heavy atom. The fourth-order valence-electron chi connectivity index (χ4n) is 1.94. The molecule has 22 heavy (non-hydrogen) atoms. The van der Waals surface area contributed by atoms with Gasteiger partial charge >= 0.3 is 0 Å². The van der Waals surface area contributed by atoms with E-state index in [0.29, 0.717) is 16.5 Å². The number of aromatic amines is 1. The molecule has 0 aliphatic rings. The highest BCUT2D eigenvalue weighted by Gasteiger charge is 2.02. The Kier molecular flexibility index (Phi) is 3.45. The van der Waals surface area contributed by atoms with E-state index in [2.05, 4.69) is 20.5 Å². The second-order valence-electron chi connectivity index (χ2n) is 4.54. The van der Waals surface area contributed by atoms with Crippen LogP contribution in [-0.4, -0.2) is 26.4 Å². The van der Waals surface area contributed by atoms with E-state index < -0.39 is 0 Å². The lowest BCUT2D eigenvalue weighted by Crippen LogP contribution is -2.10. The van der Waals surface area contributed by atoms with Gasteiger partial charge in [-0.1, -0.05) is 12.1 Å². The van der Waals surface area contributed by atoms with Crippen LogP contribution in [0.15, 0.2) is 52.4 Å². The van der Waals surface area contributed by atoms with Crippen LogP contribution in [0.3, 0.4) is 0 Å². The zero-order valence-corrected chi connectivity index (χ0v) is 11.3. The Morgan fingerprint density at radius 2 is 2.00 bits per heavy atom. The van der Waals surface area contributed by atoms with Gasteiger partial charge in [0.1, 0.15) is 11.5 Å². The third kappa shape index (κ3) is 2.73. The number of rotatable bonds is 3. The van der Waals surface area contributed by atoms with Gasteiger partial charge in [-0.3, -0.25) is 9.78 Å². The van der Waals surface area contributed by atoms with Crippen molar-refractivity contribution in [1.29, 1.82) is 0 Å². The summed E-state index contributed by atoms with van der Waals surface area (Å²) in [6.07, 6.45) is 1.35. The number of aromatic nitrogens is 2. The molecule has 110 valence electrons. The Labute approximate surface area is 124 Å². The molecule has 0 aliphatic heterocycles. The van der Waals surface area contributed by atoms with Crippen molar-refractivity contribution in [3.8, 4) is 11.5 Å². The van der Waals surface area contributed by atoms with Crippen LogP contribution >= 0.6 is 0 Å². The number of anilines is 1. The van der Waals surface area contributed by atoms with Gasteiger partial charge in [-0.15, -0.1) is 0 Å². The highest BCUT2D eigenvalue weighted by atomic mass is 16.3. The van der Waals surface area contributed by atoms with E-state index in [1.165, 1.54) is 24.4 Å². The number of hydrogen-bond acceptors (Lipinski definition) is 6. The molecule has 0 saturated heterocycles. The minimum Gasteiger partial charge on any atom is -0.508 e. The molecule has 7 nitrogen and oxygen atoms in total. The van der Waals surface area contributed by atoms with Crippen molar-refractivity contribution in [2.45, 2.75) is 0 Å². The highest BCUT2D eigenvalue weighted by molar-refractivity contribution is 5.84. The van der Waals surface area contributed by atoms with Crippen molar-refractivity contribution in [2.75, 3.05) is 5.43 Å². The number of nitrogens with one attached hydrogen (secondary N) is 2. The van der Waals surface area contributed by atoms with Gasteiger partial charge < -0.3 is 10.2 Å². The smallest absolute Gasteiger partial charge is 0.260 e. The fourth-order valence-corrected chi connectivity index (χ4v) is 1.94. The predicted octanol–water partition coefficient (Wildman–Crippen LogP) is 1.78. The summed E-state index contributed by atoms with van der Waals surface area (Å²) >= 11 is 0. The minimum atomic E-state index is -0.268. The first-order valence-corrected chi connectivity index (χ1v) is 6.43. The van der Waals surface area contributed by atoms with Crippen molar-refractivity contribution < 1.29 is 10.2 Å². The number of nitrogens with zero attached hydrogens (tertiary/aromatic N) is 2. The summed E-state index contributed by atoms with van der Waals surface area (Å²) in [7, 11) is 0. The molecule has 1 heterocycles. The fraction of sp³-hybridized carbons (Fsp3) is 0. The van der Waals surface area contributed by atoms with Crippen LogP contribution in [0.5, 0.6) is 11.5 Å². The summed E-state index contributed by atoms with van der Waals surface area (Å²) in [4.78, 5) is 18.7. The van der Waals surface area contributed by atoms with E-state index in [9.17, 15) is 15.0 Å². The molecule has 0 aliphatic carbocycles. The van der Waals surface area contributed by atoms with E-state index in [0.717, 1.165) is 0 Å². The van der Waals surface area contributed by atoms with Crippen LogP contribution in [0, 0.1) is 0 Å². The van der Waals surface area contributed by atoms with Crippen molar-refractivity contribution in [3.63, 3.8) is 0 Å². The summed E-state index contributed by atoms with van der Waals surface area (Å²) in [5.41, 5.74) is 3.29. The first-order chi connectivity index (χ1) is 10.6. The Balaban J connectivity index is 1.84. The van der Waals surface area contributed by atoms with Crippen LogP contribution in [0.1, 0.15) is 5.56 Å². The van der Waals surface area contributed by atoms with Crippen LogP contribution in [0.4, 0.5) is 5.95 Å². The lowest BCUT2D eigenvalue weighted by atomic mass is 10.2. The molecule has 0 spiro atoms. The van der Waals surface area contributed by atoms with Crippen LogP contribution in [0.2, 0.25) is 0 Å². The number of para-hydroxylation sites is 1. The molecule has 4 N–H and O–H groups in total. The topological polar surface area (TPSA) is 111 Å². The molecule has 0 amide bonds. The third-order valence-corrected chi connectivity index (χ3v) is 3.00. The zero-order chi connectivity index (χ0) is 15.5. The molecule has 1 aromatic heterocycles. The number of phenols is 2. The summed E-state index contributed by atoms with van der Waals surface area (Å²) in [5, 5.41) is 23.2. The number of fused-ring (bicyclic) bond motifs is 1. The largest absolute Gasteiger partial charge is 0.508 e. The Morgan fingerprint density at radius 1 is 1.18 bits per heavy atom. The maximum Gasteiger partial charge on any atom is 0.260 e. The first-order valence-electron chi connectivity index (χ1n) is 6.43. The van der Waals surface area contributed by atoms with E-state index in [1.54, 1.807) is 24.3 Å². The number of H-pyrrole nitrogens is 1. The summed E-state index contributed by atoms with van der Waals surface area (Å²) in [6, 6.07) is 11.1. The second-order valence-corrected chi connectivity index (χ2v) is 4.54. The van der Waals surface area contributed by atoms with Crippen molar-refractivity contribution in [2.24, 2.45) is 5.10 Å². The Hall–Kier alpha value is -3.35. The van der Waals surface area contributed by atoms with Gasteiger partial charge in [0.05, 0.1) is 17.1 Å². The van der Waals surface area contributed by atoms with Gasteiger partial charge in [0.15, 0.2) is 0 Å². The monoisotopic (exact) mass is 296 g/mol. The van der Waals surface area contributed by atoms with E-state index >= 15 is 0 Å². The molecular weight excluding hydrogens is 284 g/mol. The summed E-state index contributed by atoms with van der Waals surface area (Å²) in [5.74, 6) is 0.0480. The van der Waals surface area contributed by atoms with Gasteiger partial charge in [-0.05, 0) is 24.3 Å². The molecule has 0 atom stereocenters. The maximum absolute atomic E-state index is 11.9. The summed E-state index contributed by atoms with van der Waals surface area (Å²) in [6.45, 7) is 0. The average Bonchev–Trinajstić information content (AvgIpc) is 2.50. The van der Waals surface area contributed by atoms with E-state index in [4.69, 9.17) is 0 Å². The van der Waals surface area contributed by atoms with Gasteiger partial charge in [-0.25, -0.2) is 10.4 Å². The zero-order valence-electron chi connectivity index (χ0n) is 11.3. The van der Waals surface area contributed by atoms with Crippen molar-refractivity contribution in [3.05, 3.63) is 58.4 Å². The molecule has 3 aromatic rings. The molecule has 7 heteroatoms. The predicted molar refractivity (Wildman–Crippen MR) is 83.4 cm³/mol. The number of hydrazone groups is 1. The lowest BCUT2D eigenvalue weighted by Gasteiger charge is -2.02. The van der Waals surface area contributed by atoms with E-state index in [1.807, 2.05) is 0 Å². The molecule has 0 saturated carbocycles. The Bertz CT molecular complexity index is 918. The van der Waals surface area contributed by atoms with Crippen LogP contribution in [0.25, 0.3) is 10.9 Å². The van der Waals surface area contributed by atoms with Gasteiger partial charge in [0.2, 0.25) is 5.95 Å². The number of benzene rings is 2. The van der Waals surface area contributed by atoms with Gasteiger partial charge in [-0.2, -0.15) is 5.10 Å². The molecule has 0 radical (unpaired) electrons. The molecular formula is C15H12N4O3. The maximum atomic E-state index is 11.9. The van der Waals surface area contributed by atoms with Crippen LogP contribution < -0.4 is 11.0 Å². The number of phenolic OH excluding ortho intramolecular Hbond substituents is 2. The quantitative estimate of drug-likeness (QED) is 0.435. The molecule has 3 rings (SSSR count). The minimum absolute atomic E-state index is 0.0388. The molecule has 2 aromatic carbocycles. The highest BCUT2D eigenvalue weighted by Crippen LogP contribution is 2.20. The lowest BCUT2D eigenvalue weighted by molar-refractivity contribution is 0.450. The van der Waals surface area contributed by atoms with E-state index in [-0.39, 0.29) is 23.0 Å². The molecule has 0 fully saturated rings.